The Balaban J connectivity index is 1.43. The van der Waals surface area contributed by atoms with Crippen molar-refractivity contribution in [2.75, 3.05) is 37.6 Å². The summed E-state index contributed by atoms with van der Waals surface area (Å²) in [6.45, 7) is 11.4. The van der Waals surface area contributed by atoms with Crippen molar-refractivity contribution in [3.63, 3.8) is 0 Å². The quantitative estimate of drug-likeness (QED) is 0.768. The molecule has 0 bridgehead atoms. The van der Waals surface area contributed by atoms with Gasteiger partial charge in [-0.3, -0.25) is 9.69 Å². The van der Waals surface area contributed by atoms with Crippen molar-refractivity contribution >= 4 is 11.6 Å². The van der Waals surface area contributed by atoms with Crippen molar-refractivity contribution in [1.82, 2.24) is 9.88 Å². The van der Waals surface area contributed by atoms with E-state index in [0.29, 0.717) is 17.8 Å². The van der Waals surface area contributed by atoms with Gasteiger partial charge in [-0.2, -0.15) is 0 Å². The van der Waals surface area contributed by atoms with Gasteiger partial charge in [-0.05, 0) is 64.6 Å². The van der Waals surface area contributed by atoms with E-state index in [1.165, 1.54) is 25.8 Å². The Bertz CT molecular complexity index is 557. The Labute approximate surface area is 151 Å². The minimum Gasteiger partial charge on any atom is -0.373 e. The summed E-state index contributed by atoms with van der Waals surface area (Å²) < 4.78 is 5.82. The Morgan fingerprint density at radius 1 is 1.20 bits per heavy atom. The molecule has 0 saturated carbocycles. The van der Waals surface area contributed by atoms with Crippen LogP contribution in [0.4, 0.5) is 5.82 Å². The van der Waals surface area contributed by atoms with Crippen molar-refractivity contribution in [1.29, 1.82) is 0 Å². The van der Waals surface area contributed by atoms with Gasteiger partial charge in [0.2, 0.25) is 0 Å². The normalized spacial score (nSPS) is 26.0. The molecule has 2 atom stereocenters. The van der Waals surface area contributed by atoms with Crippen LogP contribution >= 0.6 is 0 Å². The lowest BCUT2D eigenvalue weighted by atomic mass is 9.93. The van der Waals surface area contributed by atoms with E-state index < -0.39 is 0 Å². The van der Waals surface area contributed by atoms with E-state index in [1.807, 2.05) is 12.1 Å². The van der Waals surface area contributed by atoms with Gasteiger partial charge in [0.25, 0.3) is 0 Å². The summed E-state index contributed by atoms with van der Waals surface area (Å²) in [6, 6.07) is 3.87. The number of aromatic nitrogens is 1. The molecular formula is C20H31N3O2. The summed E-state index contributed by atoms with van der Waals surface area (Å²) in [4.78, 5) is 20.7. The molecule has 138 valence electrons. The number of ether oxygens (including phenoxy) is 1. The molecule has 1 aromatic rings. The zero-order chi connectivity index (χ0) is 17.8. The molecule has 5 nitrogen and oxygen atoms in total. The second kappa shape index (κ2) is 8.28. The lowest BCUT2D eigenvalue weighted by Crippen LogP contribution is -2.46. The van der Waals surface area contributed by atoms with Crippen LogP contribution in [0.5, 0.6) is 0 Å². The fourth-order valence-corrected chi connectivity index (χ4v) is 4.06. The second-order valence-corrected chi connectivity index (χ2v) is 7.70. The van der Waals surface area contributed by atoms with Gasteiger partial charge in [-0.1, -0.05) is 0 Å². The van der Waals surface area contributed by atoms with Crippen LogP contribution in [-0.4, -0.2) is 60.6 Å². The van der Waals surface area contributed by atoms with Gasteiger partial charge in [-0.15, -0.1) is 0 Å². The minimum absolute atomic E-state index is 0.0736. The number of rotatable bonds is 5. The Morgan fingerprint density at radius 2 is 1.88 bits per heavy atom. The number of Topliss-reactive ketones (excluding diaryl/α,β-unsaturated/α-hetero) is 1. The number of anilines is 1. The Kier molecular flexibility index (Phi) is 6.07. The standard InChI is InChI=1S/C20H31N3O2/c1-15-13-22(14-16(2)25-15)9-6-18-7-10-23(11-8-18)20-5-4-19(12-21-20)17(3)24/h4-5,12,15-16,18H,6-11,13-14H2,1-3H3/t15-,16-/m1/s1. The third-order valence-corrected chi connectivity index (χ3v) is 5.44. The third kappa shape index (κ3) is 5.02. The first kappa shape index (κ1) is 18.3. The van der Waals surface area contributed by atoms with Crippen molar-refractivity contribution in [2.24, 2.45) is 5.92 Å². The summed E-state index contributed by atoms with van der Waals surface area (Å²) in [6.07, 6.45) is 6.15. The van der Waals surface area contributed by atoms with Crippen molar-refractivity contribution in [3.8, 4) is 0 Å². The van der Waals surface area contributed by atoms with E-state index >= 15 is 0 Å². The maximum atomic E-state index is 11.4. The van der Waals surface area contributed by atoms with E-state index in [1.54, 1.807) is 13.1 Å². The average Bonchev–Trinajstić information content (AvgIpc) is 2.60. The third-order valence-electron chi connectivity index (χ3n) is 5.44. The molecule has 0 radical (unpaired) electrons. The first-order valence-corrected chi connectivity index (χ1v) is 9.61. The minimum atomic E-state index is 0.0736. The molecule has 0 aromatic carbocycles. The summed E-state index contributed by atoms with van der Waals surface area (Å²) in [7, 11) is 0. The molecule has 5 heteroatoms. The van der Waals surface area contributed by atoms with Crippen LogP contribution in [0.1, 0.15) is 50.4 Å². The molecule has 1 aromatic heterocycles. The highest BCUT2D eigenvalue weighted by Crippen LogP contribution is 2.25. The number of piperidine rings is 1. The lowest BCUT2D eigenvalue weighted by Gasteiger charge is -2.37. The molecule has 0 amide bonds. The van der Waals surface area contributed by atoms with Crippen LogP contribution in [0.3, 0.4) is 0 Å². The number of nitrogens with zero attached hydrogens (tertiary/aromatic N) is 3. The van der Waals surface area contributed by atoms with E-state index in [4.69, 9.17) is 4.74 Å². The number of carbonyl (C=O) groups is 1. The number of hydrogen-bond donors (Lipinski definition) is 0. The molecule has 0 N–H and O–H groups in total. The number of pyridine rings is 1. The molecule has 0 spiro atoms. The van der Waals surface area contributed by atoms with Crippen LogP contribution in [0.15, 0.2) is 18.3 Å². The van der Waals surface area contributed by atoms with Crippen molar-refractivity contribution in [3.05, 3.63) is 23.9 Å². The topological polar surface area (TPSA) is 45.7 Å². The fourth-order valence-electron chi connectivity index (χ4n) is 4.06. The first-order valence-electron chi connectivity index (χ1n) is 9.61. The predicted octanol–water partition coefficient (Wildman–Crippen LogP) is 3.00. The molecule has 3 heterocycles. The highest BCUT2D eigenvalue weighted by Gasteiger charge is 2.24. The maximum Gasteiger partial charge on any atom is 0.161 e. The van der Waals surface area contributed by atoms with E-state index in [9.17, 15) is 4.79 Å². The van der Waals surface area contributed by atoms with Crippen molar-refractivity contribution < 1.29 is 9.53 Å². The van der Waals surface area contributed by atoms with Crippen LogP contribution in [0.25, 0.3) is 0 Å². The Morgan fingerprint density at radius 3 is 2.44 bits per heavy atom. The van der Waals surface area contributed by atoms with E-state index in [-0.39, 0.29) is 5.78 Å². The van der Waals surface area contributed by atoms with Gasteiger partial charge in [-0.25, -0.2) is 4.98 Å². The van der Waals surface area contributed by atoms with Crippen LogP contribution in [-0.2, 0) is 4.74 Å². The molecule has 2 fully saturated rings. The SMILES string of the molecule is CC(=O)c1ccc(N2CCC(CCN3C[C@@H](C)O[C@H](C)C3)CC2)nc1. The lowest BCUT2D eigenvalue weighted by molar-refractivity contribution is -0.0690. The predicted molar refractivity (Wildman–Crippen MR) is 100 cm³/mol. The van der Waals surface area contributed by atoms with Gasteiger partial charge in [0.15, 0.2) is 5.78 Å². The van der Waals surface area contributed by atoms with Gasteiger partial charge < -0.3 is 9.64 Å². The smallest absolute Gasteiger partial charge is 0.161 e. The molecule has 3 rings (SSSR count). The highest BCUT2D eigenvalue weighted by molar-refractivity contribution is 5.93. The Hall–Kier alpha value is -1.46. The molecule has 2 saturated heterocycles. The monoisotopic (exact) mass is 345 g/mol. The van der Waals surface area contributed by atoms with E-state index in [0.717, 1.165) is 37.9 Å². The maximum absolute atomic E-state index is 11.4. The van der Waals surface area contributed by atoms with Gasteiger partial charge in [0.05, 0.1) is 12.2 Å². The molecule has 25 heavy (non-hydrogen) atoms. The average molecular weight is 345 g/mol. The highest BCUT2D eigenvalue weighted by atomic mass is 16.5. The summed E-state index contributed by atoms with van der Waals surface area (Å²) in [5.41, 5.74) is 0.688. The van der Waals surface area contributed by atoms with E-state index in [2.05, 4.69) is 28.6 Å². The summed E-state index contributed by atoms with van der Waals surface area (Å²) in [5, 5.41) is 0. The number of morpholine rings is 1. The number of ketones is 1. The zero-order valence-corrected chi connectivity index (χ0v) is 15.8. The molecule has 0 unspecified atom stereocenters. The summed E-state index contributed by atoms with van der Waals surface area (Å²) >= 11 is 0. The van der Waals surface area contributed by atoms with Gasteiger partial charge in [0, 0.05) is 37.9 Å². The fraction of sp³-hybridized carbons (Fsp3) is 0.700. The molecule has 0 aliphatic carbocycles. The molecule has 2 aliphatic rings. The molecule has 2 aliphatic heterocycles. The van der Waals surface area contributed by atoms with Crippen molar-refractivity contribution in [2.45, 2.75) is 52.2 Å². The first-order chi connectivity index (χ1) is 12.0. The van der Waals surface area contributed by atoms with Crippen LogP contribution in [0.2, 0.25) is 0 Å². The summed E-state index contributed by atoms with van der Waals surface area (Å²) in [5.74, 6) is 1.88. The van der Waals surface area contributed by atoms with Crippen LogP contribution in [0, 0.1) is 5.92 Å². The molecular weight excluding hydrogens is 314 g/mol. The van der Waals surface area contributed by atoms with Gasteiger partial charge in [0.1, 0.15) is 5.82 Å². The largest absolute Gasteiger partial charge is 0.373 e. The second-order valence-electron chi connectivity index (χ2n) is 7.70. The van der Waals surface area contributed by atoms with Crippen LogP contribution < -0.4 is 4.90 Å². The number of carbonyl (C=O) groups excluding carboxylic acids is 1. The number of hydrogen-bond acceptors (Lipinski definition) is 5. The van der Waals surface area contributed by atoms with Gasteiger partial charge >= 0.3 is 0 Å². The zero-order valence-electron chi connectivity index (χ0n) is 15.8.